The van der Waals surface area contributed by atoms with Crippen molar-refractivity contribution >= 4 is 5.78 Å². The predicted octanol–water partition coefficient (Wildman–Crippen LogP) is 0.976. The number of carbonyl (C=O) groups excluding carboxylic acids is 1. The third kappa shape index (κ3) is 3.00. The monoisotopic (exact) mass is 265 g/mol. The molecule has 1 saturated heterocycles. The summed E-state index contributed by atoms with van der Waals surface area (Å²) in [5.74, 6) is 0.717. The fourth-order valence-corrected chi connectivity index (χ4v) is 2.71. The van der Waals surface area contributed by atoms with Crippen molar-refractivity contribution in [2.45, 2.75) is 51.5 Å². The molecule has 106 valence electrons. The van der Waals surface area contributed by atoms with Gasteiger partial charge in [-0.2, -0.15) is 4.80 Å². The van der Waals surface area contributed by atoms with Crippen molar-refractivity contribution < 1.29 is 4.79 Å². The highest BCUT2D eigenvalue weighted by Gasteiger charge is 2.38. The van der Waals surface area contributed by atoms with E-state index in [4.69, 9.17) is 0 Å². The summed E-state index contributed by atoms with van der Waals surface area (Å²) in [6.07, 6.45) is 4.75. The Kier molecular flexibility index (Phi) is 4.29. The molecule has 2 heterocycles. The van der Waals surface area contributed by atoms with Crippen LogP contribution in [0.4, 0.5) is 0 Å². The molecule has 0 aliphatic carbocycles. The van der Waals surface area contributed by atoms with Gasteiger partial charge in [0, 0.05) is 0 Å². The minimum Gasteiger partial charge on any atom is -0.297 e. The van der Waals surface area contributed by atoms with E-state index >= 15 is 0 Å². The maximum Gasteiger partial charge on any atom is 0.182 e. The second-order valence-corrected chi connectivity index (χ2v) is 5.47. The summed E-state index contributed by atoms with van der Waals surface area (Å²) in [7, 11) is 1.71. The summed E-state index contributed by atoms with van der Waals surface area (Å²) in [6.45, 7) is 6.17. The molecule has 0 aromatic carbocycles. The Morgan fingerprint density at radius 1 is 1.32 bits per heavy atom. The maximum absolute atomic E-state index is 12.6. The van der Waals surface area contributed by atoms with Crippen LogP contribution in [0.25, 0.3) is 0 Å². The molecule has 19 heavy (non-hydrogen) atoms. The zero-order chi connectivity index (χ0) is 13.9. The van der Waals surface area contributed by atoms with Crippen LogP contribution in [0, 0.1) is 0 Å². The van der Waals surface area contributed by atoms with Crippen LogP contribution in [-0.4, -0.2) is 49.5 Å². The van der Waals surface area contributed by atoms with Crippen LogP contribution in [0.2, 0.25) is 0 Å². The summed E-state index contributed by atoms with van der Waals surface area (Å²) in [5.41, 5.74) is -0.389. The van der Waals surface area contributed by atoms with E-state index in [9.17, 15) is 4.79 Å². The normalized spacial score (nSPS) is 20.2. The molecule has 0 N–H and O–H groups in total. The van der Waals surface area contributed by atoms with E-state index in [0.717, 1.165) is 19.5 Å². The standard InChI is InChI=1S/C13H23N5O/c1-4-13(2,18-8-6-5-7-9-18)11(19)10-12-14-16-17(3)15-12/h4-10H2,1-3H3. The van der Waals surface area contributed by atoms with Crippen molar-refractivity contribution in [2.24, 2.45) is 7.05 Å². The molecule has 1 unspecified atom stereocenters. The number of ketones is 1. The molecule has 6 heteroatoms. The first kappa shape index (κ1) is 14.1. The number of nitrogens with zero attached hydrogens (tertiary/aromatic N) is 5. The average molecular weight is 265 g/mol. The summed E-state index contributed by atoms with van der Waals surface area (Å²) < 4.78 is 0. The number of Topliss-reactive ketones (excluding diaryl/α,β-unsaturated/α-hetero) is 1. The molecule has 0 saturated carbocycles. The van der Waals surface area contributed by atoms with Crippen LogP contribution in [0.1, 0.15) is 45.4 Å². The highest BCUT2D eigenvalue weighted by atomic mass is 16.1. The van der Waals surface area contributed by atoms with E-state index in [1.807, 2.05) is 0 Å². The van der Waals surface area contributed by atoms with Crippen LogP contribution < -0.4 is 0 Å². The number of aryl methyl sites for hydroxylation is 1. The van der Waals surface area contributed by atoms with Gasteiger partial charge in [-0.15, -0.1) is 10.2 Å². The van der Waals surface area contributed by atoms with Crippen LogP contribution >= 0.6 is 0 Å². The molecule has 1 atom stereocenters. The van der Waals surface area contributed by atoms with Gasteiger partial charge in [0.25, 0.3) is 0 Å². The number of hydrogen-bond donors (Lipinski definition) is 0. The molecule has 1 aromatic heterocycles. The lowest BCUT2D eigenvalue weighted by atomic mass is 9.87. The maximum atomic E-state index is 12.6. The Morgan fingerprint density at radius 3 is 2.53 bits per heavy atom. The lowest BCUT2D eigenvalue weighted by molar-refractivity contribution is -0.130. The highest BCUT2D eigenvalue weighted by Crippen LogP contribution is 2.25. The van der Waals surface area contributed by atoms with E-state index in [2.05, 4.69) is 34.2 Å². The fourth-order valence-electron chi connectivity index (χ4n) is 2.71. The molecule has 1 aromatic rings. The Hall–Kier alpha value is -1.30. The molecule has 1 aliphatic heterocycles. The van der Waals surface area contributed by atoms with Gasteiger partial charge in [0.2, 0.25) is 0 Å². The first-order chi connectivity index (χ1) is 9.06. The summed E-state index contributed by atoms with van der Waals surface area (Å²) >= 11 is 0. The van der Waals surface area contributed by atoms with E-state index in [1.165, 1.54) is 24.1 Å². The highest BCUT2D eigenvalue weighted by molar-refractivity contribution is 5.89. The summed E-state index contributed by atoms with van der Waals surface area (Å²) in [5, 5.41) is 11.8. The first-order valence-corrected chi connectivity index (χ1v) is 7.07. The van der Waals surface area contributed by atoms with Crippen LogP contribution in [-0.2, 0) is 18.3 Å². The smallest absolute Gasteiger partial charge is 0.182 e. The number of rotatable bonds is 5. The number of aromatic nitrogens is 4. The predicted molar refractivity (Wildman–Crippen MR) is 71.6 cm³/mol. The topological polar surface area (TPSA) is 63.9 Å². The quantitative estimate of drug-likeness (QED) is 0.794. The number of carbonyl (C=O) groups is 1. The van der Waals surface area contributed by atoms with Gasteiger partial charge in [-0.05, 0) is 44.5 Å². The Bertz CT molecular complexity index is 438. The first-order valence-electron chi connectivity index (χ1n) is 7.07. The molecule has 1 aliphatic rings. The Morgan fingerprint density at radius 2 is 2.00 bits per heavy atom. The van der Waals surface area contributed by atoms with Gasteiger partial charge in [0.1, 0.15) is 0 Å². The second-order valence-electron chi connectivity index (χ2n) is 5.47. The minimum absolute atomic E-state index is 0.199. The van der Waals surface area contributed by atoms with E-state index in [-0.39, 0.29) is 17.7 Å². The molecule has 6 nitrogen and oxygen atoms in total. The van der Waals surface area contributed by atoms with Crippen molar-refractivity contribution in [3.63, 3.8) is 0 Å². The van der Waals surface area contributed by atoms with E-state index in [0.29, 0.717) is 5.82 Å². The van der Waals surface area contributed by atoms with Crippen molar-refractivity contribution in [2.75, 3.05) is 13.1 Å². The van der Waals surface area contributed by atoms with Crippen LogP contribution in [0.5, 0.6) is 0 Å². The zero-order valence-corrected chi connectivity index (χ0v) is 12.1. The Labute approximate surface area is 114 Å². The molecule has 0 spiro atoms. The van der Waals surface area contributed by atoms with Gasteiger partial charge in [-0.1, -0.05) is 13.3 Å². The second kappa shape index (κ2) is 5.77. The lowest BCUT2D eigenvalue weighted by Crippen LogP contribution is -2.54. The van der Waals surface area contributed by atoms with Gasteiger partial charge in [-0.25, -0.2) is 0 Å². The number of piperidine rings is 1. The SMILES string of the molecule is CCC(C)(C(=O)Cc1nnn(C)n1)N1CCCCC1. The zero-order valence-electron chi connectivity index (χ0n) is 12.1. The van der Waals surface area contributed by atoms with Crippen molar-refractivity contribution in [1.29, 1.82) is 0 Å². The van der Waals surface area contributed by atoms with E-state index in [1.54, 1.807) is 7.05 Å². The largest absolute Gasteiger partial charge is 0.297 e. The molecule has 0 amide bonds. The van der Waals surface area contributed by atoms with Crippen LogP contribution in [0.15, 0.2) is 0 Å². The van der Waals surface area contributed by atoms with Gasteiger partial charge in [-0.3, -0.25) is 9.69 Å². The number of tetrazole rings is 1. The molecule has 0 radical (unpaired) electrons. The van der Waals surface area contributed by atoms with E-state index < -0.39 is 0 Å². The van der Waals surface area contributed by atoms with Gasteiger partial charge < -0.3 is 0 Å². The number of likely N-dealkylation sites (tertiary alicyclic amines) is 1. The third-order valence-corrected chi connectivity index (χ3v) is 4.21. The third-order valence-electron chi connectivity index (χ3n) is 4.21. The van der Waals surface area contributed by atoms with Gasteiger partial charge >= 0.3 is 0 Å². The molecular weight excluding hydrogens is 242 g/mol. The summed E-state index contributed by atoms with van der Waals surface area (Å²) in [6, 6.07) is 0. The summed E-state index contributed by atoms with van der Waals surface area (Å²) in [4.78, 5) is 16.3. The molecule has 0 bridgehead atoms. The lowest BCUT2D eigenvalue weighted by Gasteiger charge is -2.41. The fraction of sp³-hybridized carbons (Fsp3) is 0.846. The molecule has 2 rings (SSSR count). The molecular formula is C13H23N5O. The van der Waals surface area contributed by atoms with Crippen molar-refractivity contribution in [3.05, 3.63) is 5.82 Å². The van der Waals surface area contributed by atoms with Gasteiger partial charge in [0.05, 0.1) is 19.0 Å². The molecule has 1 fully saturated rings. The van der Waals surface area contributed by atoms with Gasteiger partial charge in [0.15, 0.2) is 11.6 Å². The van der Waals surface area contributed by atoms with Crippen molar-refractivity contribution in [1.82, 2.24) is 25.1 Å². The number of hydrogen-bond acceptors (Lipinski definition) is 5. The average Bonchev–Trinajstić information content (AvgIpc) is 2.84. The van der Waals surface area contributed by atoms with Crippen molar-refractivity contribution in [3.8, 4) is 0 Å². The van der Waals surface area contributed by atoms with Crippen LogP contribution in [0.3, 0.4) is 0 Å². The Balaban J connectivity index is 2.08. The minimum atomic E-state index is -0.389.